The monoisotopic (exact) mass is 481 g/mol. The van der Waals surface area contributed by atoms with E-state index in [1.165, 1.54) is 11.3 Å². The molecular formula is C23H27N7OS2. The van der Waals surface area contributed by atoms with Crippen LogP contribution in [0.4, 0.5) is 28.8 Å². The summed E-state index contributed by atoms with van der Waals surface area (Å²) in [6.45, 7) is 5.33. The van der Waals surface area contributed by atoms with E-state index in [9.17, 15) is 0 Å². The number of likely N-dealkylation sites (N-methyl/N-ethyl adjacent to an activating group) is 1. The molecule has 10 heteroatoms. The molecule has 172 valence electrons. The smallest absolute Gasteiger partial charge is 0.229 e. The molecule has 0 saturated carbocycles. The Kier molecular flexibility index (Phi) is 5.79. The normalized spacial score (nSPS) is 13.1. The number of rotatable bonds is 7. The molecule has 2 N–H and O–H groups in total. The molecule has 1 aromatic carbocycles. The van der Waals surface area contributed by atoms with Gasteiger partial charge in [0, 0.05) is 37.8 Å². The van der Waals surface area contributed by atoms with E-state index in [0.29, 0.717) is 11.2 Å². The molecule has 0 unspecified atom stereocenters. The Morgan fingerprint density at radius 3 is 2.79 bits per heavy atom. The number of benzene rings is 1. The van der Waals surface area contributed by atoms with Gasteiger partial charge in [-0.1, -0.05) is 25.6 Å². The Bertz CT molecular complexity index is 1310. The van der Waals surface area contributed by atoms with Gasteiger partial charge in [-0.2, -0.15) is 10.1 Å². The predicted octanol–water partition coefficient (Wildman–Crippen LogP) is 5.41. The molecule has 0 amide bonds. The molecule has 0 bridgehead atoms. The third kappa shape index (κ3) is 4.32. The quantitative estimate of drug-likeness (QED) is 0.339. The summed E-state index contributed by atoms with van der Waals surface area (Å²) in [6.07, 6.45) is 3.01. The van der Waals surface area contributed by atoms with Gasteiger partial charge in [-0.05, 0) is 35.6 Å². The minimum Gasteiger partial charge on any atom is -0.495 e. The van der Waals surface area contributed by atoms with Crippen LogP contribution in [-0.2, 0) is 13.5 Å². The molecular weight excluding hydrogens is 454 g/mol. The van der Waals surface area contributed by atoms with Gasteiger partial charge in [0.25, 0.3) is 0 Å². The fraction of sp³-hybridized carbons (Fsp3) is 0.348. The number of aromatic nitrogens is 4. The molecule has 8 nitrogen and oxygen atoms in total. The number of hydrogen-bond donors (Lipinski definition) is 2. The molecule has 4 aromatic rings. The highest BCUT2D eigenvalue weighted by molar-refractivity contribution is 8.00. The fourth-order valence-electron chi connectivity index (χ4n) is 3.96. The van der Waals surface area contributed by atoms with Crippen molar-refractivity contribution in [1.82, 2.24) is 19.7 Å². The van der Waals surface area contributed by atoms with Crippen LogP contribution in [0.1, 0.15) is 19.4 Å². The van der Waals surface area contributed by atoms with Gasteiger partial charge in [0.2, 0.25) is 5.95 Å². The second-order valence-corrected chi connectivity index (χ2v) is 10.8. The molecule has 3 aromatic heterocycles. The van der Waals surface area contributed by atoms with Crippen LogP contribution >= 0.6 is 23.1 Å². The minimum atomic E-state index is 0.426. The van der Waals surface area contributed by atoms with Gasteiger partial charge < -0.3 is 20.3 Å². The lowest BCUT2D eigenvalue weighted by Crippen LogP contribution is -2.12. The van der Waals surface area contributed by atoms with Gasteiger partial charge in [-0.3, -0.25) is 4.68 Å². The number of aryl methyl sites for hydroxylation is 1. The number of thiophene rings is 1. The van der Waals surface area contributed by atoms with E-state index < -0.39 is 0 Å². The van der Waals surface area contributed by atoms with Gasteiger partial charge >= 0.3 is 0 Å². The van der Waals surface area contributed by atoms with Crippen molar-refractivity contribution in [2.24, 2.45) is 7.05 Å². The van der Waals surface area contributed by atoms with Gasteiger partial charge in [-0.25, -0.2) is 4.98 Å². The molecule has 0 saturated heterocycles. The number of anilines is 5. The number of fused-ring (bicyclic) bond motifs is 2. The maximum atomic E-state index is 5.67. The highest BCUT2D eigenvalue weighted by atomic mass is 32.2. The van der Waals surface area contributed by atoms with Crippen LogP contribution in [-0.4, -0.2) is 45.7 Å². The fourth-order valence-corrected chi connectivity index (χ4v) is 5.59. The van der Waals surface area contributed by atoms with Crippen LogP contribution in [0.15, 0.2) is 34.8 Å². The number of hydrogen-bond acceptors (Lipinski definition) is 9. The summed E-state index contributed by atoms with van der Waals surface area (Å²) in [6, 6.07) is 6.24. The predicted molar refractivity (Wildman–Crippen MR) is 138 cm³/mol. The van der Waals surface area contributed by atoms with E-state index in [2.05, 4.69) is 53.7 Å². The third-order valence-electron chi connectivity index (χ3n) is 5.47. The molecule has 0 radical (unpaired) electrons. The van der Waals surface area contributed by atoms with Crippen LogP contribution < -0.4 is 20.3 Å². The molecule has 1 aliphatic rings. The third-order valence-corrected chi connectivity index (χ3v) is 7.38. The van der Waals surface area contributed by atoms with Crippen molar-refractivity contribution in [3.05, 3.63) is 35.3 Å². The highest BCUT2D eigenvalue weighted by Gasteiger charge is 2.20. The average Bonchev–Trinajstić information content (AvgIpc) is 3.47. The van der Waals surface area contributed by atoms with E-state index in [1.54, 1.807) is 30.2 Å². The summed E-state index contributed by atoms with van der Waals surface area (Å²) < 4.78 is 8.50. The van der Waals surface area contributed by atoms with Crippen LogP contribution in [0.25, 0.3) is 10.2 Å². The van der Waals surface area contributed by atoms with Gasteiger partial charge in [0.15, 0.2) is 5.82 Å². The maximum Gasteiger partial charge on any atom is 0.229 e. The van der Waals surface area contributed by atoms with Crippen LogP contribution in [0.2, 0.25) is 0 Å². The Morgan fingerprint density at radius 1 is 1.15 bits per heavy atom. The summed E-state index contributed by atoms with van der Waals surface area (Å²) in [5.41, 5.74) is 5.18. The van der Waals surface area contributed by atoms with Crippen molar-refractivity contribution < 1.29 is 4.74 Å². The Labute approximate surface area is 201 Å². The van der Waals surface area contributed by atoms with E-state index in [4.69, 9.17) is 14.7 Å². The summed E-state index contributed by atoms with van der Waals surface area (Å²) in [5.74, 6) is 2.06. The molecule has 0 spiro atoms. The second-order valence-electron chi connectivity index (χ2n) is 8.32. The second kappa shape index (κ2) is 8.75. The number of thioether (sulfide) groups is 1. The first-order chi connectivity index (χ1) is 15.9. The minimum absolute atomic E-state index is 0.426. The van der Waals surface area contributed by atoms with Gasteiger partial charge in [-0.15, -0.1) is 11.3 Å². The molecule has 5 rings (SSSR count). The van der Waals surface area contributed by atoms with Crippen LogP contribution in [0.5, 0.6) is 5.75 Å². The first-order valence-corrected chi connectivity index (χ1v) is 12.6. The average molecular weight is 482 g/mol. The van der Waals surface area contributed by atoms with Crippen molar-refractivity contribution >= 4 is 62.1 Å². The number of nitrogens with zero attached hydrogens (tertiary/aromatic N) is 5. The molecule has 1 aliphatic heterocycles. The molecule has 4 heterocycles. The zero-order valence-corrected chi connectivity index (χ0v) is 21.0. The van der Waals surface area contributed by atoms with E-state index in [-0.39, 0.29) is 0 Å². The molecule has 0 fully saturated rings. The van der Waals surface area contributed by atoms with Crippen molar-refractivity contribution in [2.75, 3.05) is 36.2 Å². The lowest BCUT2D eigenvalue weighted by molar-refractivity contribution is 0.416. The van der Waals surface area contributed by atoms with Gasteiger partial charge in [0.1, 0.15) is 10.8 Å². The highest BCUT2D eigenvalue weighted by Crippen LogP contribution is 2.39. The van der Waals surface area contributed by atoms with Crippen LogP contribution in [0.3, 0.4) is 0 Å². The largest absolute Gasteiger partial charge is 0.495 e. The topological polar surface area (TPSA) is 80.1 Å². The summed E-state index contributed by atoms with van der Waals surface area (Å²) in [7, 11) is 5.73. The van der Waals surface area contributed by atoms with E-state index in [1.807, 2.05) is 29.4 Å². The number of methoxy groups -OCH3 is 1. The summed E-state index contributed by atoms with van der Waals surface area (Å²) >= 11 is 3.34. The standard InChI is InChI=1S/C23H27N7OS2/c1-13(2)33-22-17(12-30(4)28-22)24-21-20-15(7-9-32-20)25-23(27-21)26-16-11-18-14(6-8-29(18)3)10-19(16)31-5/h7,9-13H,6,8H2,1-5H3,(H2,24,25,26,27). The zero-order valence-electron chi connectivity index (χ0n) is 19.3. The molecule has 33 heavy (non-hydrogen) atoms. The maximum absolute atomic E-state index is 5.67. The first kappa shape index (κ1) is 21.8. The Morgan fingerprint density at radius 2 is 2.00 bits per heavy atom. The lowest BCUT2D eigenvalue weighted by atomic mass is 10.1. The van der Waals surface area contributed by atoms with Crippen molar-refractivity contribution in [3.8, 4) is 5.75 Å². The van der Waals surface area contributed by atoms with Gasteiger partial charge in [0.05, 0.1) is 28.7 Å². The first-order valence-electron chi connectivity index (χ1n) is 10.8. The molecule has 0 aliphatic carbocycles. The summed E-state index contributed by atoms with van der Waals surface area (Å²) in [4.78, 5) is 11.8. The lowest BCUT2D eigenvalue weighted by Gasteiger charge is -2.17. The van der Waals surface area contributed by atoms with Crippen molar-refractivity contribution in [1.29, 1.82) is 0 Å². The van der Waals surface area contributed by atoms with Crippen LogP contribution in [0, 0.1) is 0 Å². The molecule has 0 atom stereocenters. The van der Waals surface area contributed by atoms with Crippen molar-refractivity contribution in [3.63, 3.8) is 0 Å². The van der Waals surface area contributed by atoms with E-state index >= 15 is 0 Å². The van der Waals surface area contributed by atoms with E-state index in [0.717, 1.165) is 51.2 Å². The summed E-state index contributed by atoms with van der Waals surface area (Å²) in [5, 5.41) is 14.9. The Hall–Kier alpha value is -2.98. The zero-order chi connectivity index (χ0) is 23.1. The number of ether oxygens (including phenoxy) is 1. The Balaban J connectivity index is 1.52. The number of nitrogens with one attached hydrogen (secondary N) is 2. The van der Waals surface area contributed by atoms with Crippen molar-refractivity contribution in [2.45, 2.75) is 30.5 Å². The SMILES string of the molecule is COc1cc2c(cc1Nc1nc(Nc3cn(C)nc3SC(C)C)c3sccc3n1)N(C)CC2.